The summed E-state index contributed by atoms with van der Waals surface area (Å²) in [6, 6.07) is 3.43. The lowest BCUT2D eigenvalue weighted by Gasteiger charge is -2.34. The first-order chi connectivity index (χ1) is 16.4. The zero-order valence-corrected chi connectivity index (χ0v) is 23.4. The van der Waals surface area contributed by atoms with Crippen LogP contribution in [-0.2, 0) is 19.6 Å². The van der Waals surface area contributed by atoms with Crippen molar-refractivity contribution >= 4 is 15.9 Å². The molecule has 1 aromatic rings. The van der Waals surface area contributed by atoms with Crippen LogP contribution >= 0.6 is 0 Å². The predicted molar refractivity (Wildman–Crippen MR) is 138 cm³/mol. The molecule has 1 aromatic carbocycles. The second-order valence-electron chi connectivity index (χ2n) is 9.83. The summed E-state index contributed by atoms with van der Waals surface area (Å²) < 4.78 is 38.2. The van der Waals surface area contributed by atoms with Gasteiger partial charge in [0.25, 0.3) is 0 Å². The fourth-order valence-corrected chi connectivity index (χ4v) is 5.96. The Bertz CT molecular complexity index is 907. The Morgan fingerprint density at radius 3 is 2.20 bits per heavy atom. The highest BCUT2D eigenvalue weighted by molar-refractivity contribution is 7.89. The molecule has 35 heavy (non-hydrogen) atoms. The van der Waals surface area contributed by atoms with Gasteiger partial charge in [-0.1, -0.05) is 0 Å². The van der Waals surface area contributed by atoms with Crippen LogP contribution < -0.4 is 4.74 Å². The Kier molecular flexibility index (Phi) is 11.4. The normalized spacial score (nSPS) is 15.7. The molecule has 2 rings (SSSR count). The molecule has 0 N–H and O–H groups in total. The first-order valence-corrected chi connectivity index (χ1v) is 13.7. The van der Waals surface area contributed by atoms with Crippen LogP contribution in [0.1, 0.15) is 24.0 Å². The third-order valence-electron chi connectivity index (χ3n) is 6.64. The van der Waals surface area contributed by atoms with Gasteiger partial charge in [0.05, 0.1) is 18.6 Å². The largest absolute Gasteiger partial charge is 0.497 e. The first kappa shape index (κ1) is 29.5. The maximum atomic E-state index is 13.1. The maximum absolute atomic E-state index is 13.1. The van der Waals surface area contributed by atoms with Crippen LogP contribution in [0.3, 0.4) is 0 Å². The predicted octanol–water partition coefficient (Wildman–Crippen LogP) is 1.68. The monoisotopic (exact) mass is 512 g/mol. The maximum Gasteiger partial charge on any atom is 0.248 e. The number of sulfonamides is 1. The van der Waals surface area contributed by atoms with Gasteiger partial charge in [0.15, 0.2) is 0 Å². The number of hydrogen-bond acceptors (Lipinski definition) is 7. The average molecular weight is 513 g/mol. The molecule has 1 heterocycles. The topological polar surface area (TPSA) is 82.6 Å². The molecular weight excluding hydrogens is 468 g/mol. The number of piperidine rings is 1. The molecule has 1 aliphatic rings. The number of hydrogen-bond donors (Lipinski definition) is 0. The molecule has 1 fully saturated rings. The van der Waals surface area contributed by atoms with Crippen molar-refractivity contribution in [2.45, 2.75) is 31.6 Å². The van der Waals surface area contributed by atoms with Crippen LogP contribution in [0.15, 0.2) is 17.0 Å². The van der Waals surface area contributed by atoms with Crippen molar-refractivity contribution in [3.8, 4) is 5.75 Å². The minimum absolute atomic E-state index is 0.0489. The number of likely N-dealkylation sites (N-methyl/N-ethyl adjacent to an activating group) is 3. The Labute approximate surface area is 212 Å². The van der Waals surface area contributed by atoms with E-state index in [4.69, 9.17) is 9.47 Å². The van der Waals surface area contributed by atoms with E-state index in [1.165, 1.54) is 11.4 Å². The molecule has 0 radical (unpaired) electrons. The molecule has 0 aliphatic carbocycles. The summed E-state index contributed by atoms with van der Waals surface area (Å²) in [6.45, 7) is 8.81. The van der Waals surface area contributed by atoms with Gasteiger partial charge in [-0.3, -0.25) is 4.79 Å². The second kappa shape index (κ2) is 13.5. The van der Waals surface area contributed by atoms with Crippen molar-refractivity contribution < 1.29 is 22.7 Å². The average Bonchev–Trinajstić information content (AvgIpc) is 2.80. The van der Waals surface area contributed by atoms with Crippen molar-refractivity contribution in [1.82, 2.24) is 19.0 Å². The van der Waals surface area contributed by atoms with E-state index in [9.17, 15) is 13.2 Å². The van der Waals surface area contributed by atoms with E-state index in [0.29, 0.717) is 22.8 Å². The molecular formula is C25H44N4O5S. The van der Waals surface area contributed by atoms with E-state index in [-0.39, 0.29) is 30.6 Å². The molecule has 9 nitrogen and oxygen atoms in total. The number of methoxy groups -OCH3 is 1. The van der Waals surface area contributed by atoms with Crippen molar-refractivity contribution in [1.29, 1.82) is 0 Å². The van der Waals surface area contributed by atoms with E-state index in [1.54, 1.807) is 38.0 Å². The van der Waals surface area contributed by atoms with Crippen LogP contribution in [-0.4, -0.2) is 121 Å². The number of amides is 1. The zero-order chi connectivity index (χ0) is 26.2. The van der Waals surface area contributed by atoms with Crippen molar-refractivity contribution in [3.63, 3.8) is 0 Å². The molecule has 0 atom stereocenters. The number of carbonyl (C=O) groups excluding carboxylic acids is 1. The van der Waals surface area contributed by atoms with Crippen LogP contribution in [0.25, 0.3) is 0 Å². The van der Waals surface area contributed by atoms with Crippen LogP contribution in [0, 0.1) is 19.8 Å². The lowest BCUT2D eigenvalue weighted by molar-refractivity contribution is -0.135. The minimum atomic E-state index is -3.68. The fraction of sp³-hybridized carbons (Fsp3) is 0.720. The number of likely N-dealkylation sites (tertiary alicyclic amines) is 1. The number of benzene rings is 1. The van der Waals surface area contributed by atoms with Gasteiger partial charge in [-0.2, -0.15) is 4.31 Å². The van der Waals surface area contributed by atoms with Crippen LogP contribution in [0.5, 0.6) is 5.75 Å². The molecule has 1 saturated heterocycles. The number of nitrogens with zero attached hydrogens (tertiary/aromatic N) is 4. The van der Waals surface area contributed by atoms with E-state index in [1.807, 2.05) is 7.05 Å². The van der Waals surface area contributed by atoms with E-state index < -0.39 is 10.0 Å². The summed E-state index contributed by atoms with van der Waals surface area (Å²) in [5, 5.41) is 0. The van der Waals surface area contributed by atoms with E-state index in [2.05, 4.69) is 23.9 Å². The summed E-state index contributed by atoms with van der Waals surface area (Å²) >= 11 is 0. The number of ether oxygens (including phenoxy) is 2. The summed E-state index contributed by atoms with van der Waals surface area (Å²) in [5.74, 6) is 1.06. The Morgan fingerprint density at radius 2 is 1.66 bits per heavy atom. The summed E-state index contributed by atoms with van der Waals surface area (Å²) in [4.78, 5) is 19.2. The van der Waals surface area contributed by atoms with Gasteiger partial charge in [-0.15, -0.1) is 0 Å². The highest BCUT2D eigenvalue weighted by atomic mass is 32.2. The number of aryl methyl sites for hydroxylation is 2. The first-order valence-electron chi connectivity index (χ1n) is 12.3. The van der Waals surface area contributed by atoms with Crippen LogP contribution in [0.2, 0.25) is 0 Å². The summed E-state index contributed by atoms with van der Waals surface area (Å²) in [5.41, 5.74) is 1.27. The quantitative estimate of drug-likeness (QED) is 0.372. The Balaban J connectivity index is 1.74. The highest BCUT2D eigenvalue weighted by Crippen LogP contribution is 2.27. The van der Waals surface area contributed by atoms with Crippen molar-refractivity contribution in [2.75, 3.05) is 87.8 Å². The molecule has 0 spiro atoms. The lowest BCUT2D eigenvalue weighted by atomic mass is 9.96. The minimum Gasteiger partial charge on any atom is -0.497 e. The highest BCUT2D eigenvalue weighted by Gasteiger charge is 2.26. The van der Waals surface area contributed by atoms with Crippen LogP contribution in [0.4, 0.5) is 0 Å². The van der Waals surface area contributed by atoms with Gasteiger partial charge in [0.2, 0.25) is 15.9 Å². The molecule has 10 heteroatoms. The molecule has 0 aromatic heterocycles. The lowest BCUT2D eigenvalue weighted by Crippen LogP contribution is -2.42. The molecule has 1 amide bonds. The van der Waals surface area contributed by atoms with Gasteiger partial charge < -0.3 is 24.2 Å². The van der Waals surface area contributed by atoms with Gasteiger partial charge in [0, 0.05) is 40.3 Å². The fourth-order valence-electron chi connectivity index (χ4n) is 4.40. The van der Waals surface area contributed by atoms with Gasteiger partial charge in [0.1, 0.15) is 12.4 Å². The molecule has 0 unspecified atom stereocenters. The standard InChI is InChI=1S/C25H44N4O5S/c1-20-16-23(33-7)17-21(2)25(20)35(31,32)28(6)14-15-34-19-24(30)27(5)18-22-8-10-29(11-9-22)13-12-26(3)4/h16-17,22H,8-15,18-19H2,1-7H3. The molecule has 1 aliphatic heterocycles. The third-order valence-corrected chi connectivity index (χ3v) is 8.81. The van der Waals surface area contributed by atoms with E-state index in [0.717, 1.165) is 45.6 Å². The smallest absolute Gasteiger partial charge is 0.248 e. The van der Waals surface area contributed by atoms with Gasteiger partial charge in [-0.25, -0.2) is 8.42 Å². The van der Waals surface area contributed by atoms with Gasteiger partial charge in [-0.05, 0) is 83.1 Å². The molecule has 200 valence electrons. The second-order valence-corrected chi connectivity index (χ2v) is 11.8. The van der Waals surface area contributed by atoms with E-state index >= 15 is 0 Å². The Morgan fingerprint density at radius 1 is 1.06 bits per heavy atom. The van der Waals surface area contributed by atoms with Crippen molar-refractivity contribution in [3.05, 3.63) is 23.3 Å². The number of carbonyl (C=O) groups is 1. The molecule has 0 bridgehead atoms. The summed E-state index contributed by atoms with van der Waals surface area (Å²) in [6.07, 6.45) is 2.19. The zero-order valence-electron chi connectivity index (χ0n) is 22.5. The third kappa shape index (κ3) is 8.71. The number of rotatable bonds is 13. The Hall–Kier alpha value is -1.72. The molecule has 0 saturated carbocycles. The summed E-state index contributed by atoms with van der Waals surface area (Å²) in [7, 11) is 5.41. The van der Waals surface area contributed by atoms with Crippen molar-refractivity contribution in [2.24, 2.45) is 5.92 Å². The van der Waals surface area contributed by atoms with Gasteiger partial charge >= 0.3 is 0 Å². The SMILES string of the molecule is COc1cc(C)c(S(=O)(=O)N(C)CCOCC(=O)N(C)CC2CCN(CCN(C)C)CC2)c(C)c1.